The molecule has 0 radical (unpaired) electrons. The van der Waals surface area contributed by atoms with Gasteiger partial charge in [0.15, 0.2) is 0 Å². The molecule has 0 fully saturated rings. The summed E-state index contributed by atoms with van der Waals surface area (Å²) >= 11 is 0. The van der Waals surface area contributed by atoms with Gasteiger partial charge in [-0.1, -0.05) is 0 Å². The van der Waals surface area contributed by atoms with E-state index in [0.717, 1.165) is 0 Å². The van der Waals surface area contributed by atoms with Crippen LogP contribution in [-0.2, 0) is 4.52 Å². The summed E-state index contributed by atoms with van der Waals surface area (Å²) in [5.41, 5.74) is 0. The second-order valence-corrected chi connectivity index (χ2v) is 10.5. The fourth-order valence-electron chi connectivity index (χ4n) is 3.12. The molecule has 0 unspecified atom stereocenters. The van der Waals surface area contributed by atoms with Crippen molar-refractivity contribution in [2.45, 2.75) is 0 Å². The molecule has 23 heavy (non-hydrogen) atoms. The smallest absolute Gasteiger partial charge is 0.147 e. The molecule has 0 heterocycles. The second-order valence-electron chi connectivity index (χ2n) is 5.65. The van der Waals surface area contributed by atoms with Crippen LogP contribution in [0.25, 0.3) is 0 Å². The van der Waals surface area contributed by atoms with Crippen LogP contribution in [-0.4, -0.2) is 13.8 Å². The Balaban J connectivity index is 0.00000192. The summed E-state index contributed by atoms with van der Waals surface area (Å²) in [6.45, 7) is -0.617. The van der Waals surface area contributed by atoms with Gasteiger partial charge in [0.25, 0.3) is 0 Å². The maximum absolute atomic E-state index is 6.41. The van der Waals surface area contributed by atoms with E-state index in [4.69, 9.17) is 4.52 Å². The Hall–Kier alpha value is -1.66. The molecule has 0 saturated heterocycles. The van der Waals surface area contributed by atoms with Crippen molar-refractivity contribution >= 4 is 35.2 Å². The Morgan fingerprint density at radius 1 is 0.565 bits per heavy atom. The number of rotatable bonds is 4. The number of hydrogen-bond acceptors (Lipinski definition) is 1. The Kier molecular flexibility index (Phi) is 5.26. The fourth-order valence-corrected chi connectivity index (χ4v) is 7.32. The van der Waals surface area contributed by atoms with Gasteiger partial charge in [0.2, 0.25) is 0 Å². The number of hydrogen-bond donors (Lipinski definition) is 0. The maximum atomic E-state index is 6.41. The van der Waals surface area contributed by atoms with Crippen LogP contribution < -0.4 is 15.9 Å². The molecular weight excluding hydrogens is 323 g/mol. The van der Waals surface area contributed by atoms with Gasteiger partial charge in [0.05, 0.1) is 0 Å². The molecule has 0 aliphatic rings. The van der Waals surface area contributed by atoms with Crippen LogP contribution in [0.5, 0.6) is 0 Å². The largest absolute Gasteiger partial charge is 0.147 e. The standard InChI is InChI=1S/C20H21OP.ClH/c1-21-22(2,18-12-6-3-7-13-18,19-14-8-4-9-15-19)20-16-10-5-11-17-20;/h3-17H,1-2H3;1H. The minimum absolute atomic E-state index is 0. The van der Waals surface area contributed by atoms with E-state index in [1.54, 1.807) is 0 Å². The molecular formula is C20H22ClOP. The fraction of sp³-hybridized carbons (Fsp3) is 0.100. The van der Waals surface area contributed by atoms with Crippen molar-refractivity contribution in [3.05, 3.63) is 91.0 Å². The summed E-state index contributed by atoms with van der Waals surface area (Å²) in [4.78, 5) is 0. The molecule has 0 spiro atoms. The average Bonchev–Trinajstić information content (AvgIpc) is 2.63. The summed E-state index contributed by atoms with van der Waals surface area (Å²) in [6, 6.07) is 31.8. The molecule has 0 bridgehead atoms. The zero-order valence-corrected chi connectivity index (χ0v) is 15.1. The van der Waals surface area contributed by atoms with Gasteiger partial charge in [-0.2, -0.15) is 0 Å². The molecule has 0 aliphatic heterocycles. The molecule has 0 aromatic heterocycles. The van der Waals surface area contributed by atoms with Crippen molar-refractivity contribution < 1.29 is 4.52 Å². The van der Waals surface area contributed by atoms with Crippen molar-refractivity contribution in [3.63, 3.8) is 0 Å². The van der Waals surface area contributed by atoms with E-state index in [-0.39, 0.29) is 12.4 Å². The molecule has 3 aromatic rings. The monoisotopic (exact) mass is 344 g/mol. The van der Waals surface area contributed by atoms with Crippen molar-refractivity contribution in [2.75, 3.05) is 13.8 Å². The van der Waals surface area contributed by atoms with Crippen molar-refractivity contribution in [2.24, 2.45) is 0 Å². The third kappa shape index (κ3) is 2.70. The normalized spacial score (nSPS) is 12.7. The maximum Gasteiger partial charge on any atom is -0.147 e. The van der Waals surface area contributed by atoms with Crippen LogP contribution in [0.1, 0.15) is 0 Å². The van der Waals surface area contributed by atoms with Gasteiger partial charge >= 0.3 is 132 Å². The van der Waals surface area contributed by atoms with E-state index < -0.39 is 6.83 Å². The van der Waals surface area contributed by atoms with Crippen molar-refractivity contribution in [3.8, 4) is 0 Å². The molecule has 0 N–H and O–H groups in total. The van der Waals surface area contributed by atoms with E-state index in [2.05, 4.69) is 97.7 Å². The summed E-state index contributed by atoms with van der Waals surface area (Å²) in [5.74, 6) is 0. The first-order valence-corrected chi connectivity index (χ1v) is 10.0. The number of halogens is 1. The van der Waals surface area contributed by atoms with E-state index in [9.17, 15) is 0 Å². The van der Waals surface area contributed by atoms with Crippen LogP contribution in [0, 0.1) is 0 Å². The Labute approximate surface area is 144 Å². The van der Waals surface area contributed by atoms with Gasteiger partial charge in [-0.3, -0.25) is 0 Å². The summed E-state index contributed by atoms with van der Waals surface area (Å²) in [7, 11) is 1.84. The third-order valence-electron chi connectivity index (χ3n) is 4.59. The Morgan fingerprint density at radius 3 is 1.04 bits per heavy atom. The molecule has 0 amide bonds. The molecule has 3 rings (SSSR count). The van der Waals surface area contributed by atoms with Gasteiger partial charge < -0.3 is 0 Å². The Bertz CT molecular complexity index is 645. The molecule has 3 heteroatoms. The van der Waals surface area contributed by atoms with Gasteiger partial charge in [-0.15, -0.1) is 12.4 Å². The quantitative estimate of drug-likeness (QED) is 0.647. The molecule has 120 valence electrons. The summed E-state index contributed by atoms with van der Waals surface area (Å²) < 4.78 is 6.41. The third-order valence-corrected chi connectivity index (χ3v) is 10.1. The van der Waals surface area contributed by atoms with Crippen LogP contribution in [0.4, 0.5) is 0 Å². The van der Waals surface area contributed by atoms with Crippen molar-refractivity contribution in [1.82, 2.24) is 0 Å². The van der Waals surface area contributed by atoms with E-state index in [0.29, 0.717) is 0 Å². The predicted octanol–water partition coefficient (Wildman–Crippen LogP) is 4.13. The summed E-state index contributed by atoms with van der Waals surface area (Å²) in [5, 5.41) is 3.73. The average molecular weight is 345 g/mol. The zero-order chi connectivity index (χ0) is 15.5. The van der Waals surface area contributed by atoms with Crippen LogP contribution in [0.15, 0.2) is 91.0 Å². The minimum atomic E-state index is -2.90. The van der Waals surface area contributed by atoms with Gasteiger partial charge in [0, 0.05) is 0 Å². The predicted molar refractivity (Wildman–Crippen MR) is 105 cm³/mol. The first-order chi connectivity index (χ1) is 10.7. The molecule has 0 atom stereocenters. The topological polar surface area (TPSA) is 9.23 Å². The van der Waals surface area contributed by atoms with Crippen LogP contribution >= 0.6 is 19.2 Å². The van der Waals surface area contributed by atoms with Crippen molar-refractivity contribution in [1.29, 1.82) is 0 Å². The molecule has 3 aromatic carbocycles. The van der Waals surface area contributed by atoms with E-state index >= 15 is 0 Å². The molecule has 0 saturated carbocycles. The van der Waals surface area contributed by atoms with Crippen LogP contribution in [0.3, 0.4) is 0 Å². The van der Waals surface area contributed by atoms with Gasteiger partial charge in [-0.05, 0) is 0 Å². The summed E-state index contributed by atoms with van der Waals surface area (Å²) in [6.07, 6.45) is 0. The minimum Gasteiger partial charge on any atom is -0.147 e. The van der Waals surface area contributed by atoms with E-state index in [1.165, 1.54) is 15.9 Å². The SMILES string of the molecule is COP(C)(c1ccccc1)(c1ccccc1)c1ccccc1.Cl. The van der Waals surface area contributed by atoms with Gasteiger partial charge in [-0.25, -0.2) is 0 Å². The van der Waals surface area contributed by atoms with Crippen LogP contribution in [0.2, 0.25) is 0 Å². The zero-order valence-electron chi connectivity index (χ0n) is 13.4. The first-order valence-electron chi connectivity index (χ1n) is 7.44. The molecule has 0 aliphatic carbocycles. The van der Waals surface area contributed by atoms with Gasteiger partial charge in [0.1, 0.15) is 0 Å². The second kappa shape index (κ2) is 6.84. The van der Waals surface area contributed by atoms with E-state index in [1.807, 2.05) is 7.11 Å². The first kappa shape index (κ1) is 17.7. The molecule has 1 nitrogen and oxygen atoms in total. The number of benzene rings is 3. The Morgan fingerprint density at radius 2 is 0.826 bits per heavy atom.